The predicted octanol–water partition coefficient (Wildman–Crippen LogP) is 2.00. The molecule has 0 N–H and O–H groups in total. The van der Waals surface area contributed by atoms with Gasteiger partial charge in [-0.05, 0) is 6.07 Å². The number of nitrogens with zero attached hydrogens (tertiary/aromatic N) is 1. The number of nitro benzene ring substituents is 1. The SMILES string of the molecule is COC(=O)c1ccc([N+](=O)[O-])c(OCCCl)c1. The monoisotopic (exact) mass is 259 g/mol. The number of esters is 1. The smallest absolute Gasteiger partial charge is 0.337 e. The van der Waals surface area contributed by atoms with Crippen molar-refractivity contribution in [3.63, 3.8) is 0 Å². The molecule has 0 aliphatic heterocycles. The summed E-state index contributed by atoms with van der Waals surface area (Å²) in [6.07, 6.45) is 0. The van der Waals surface area contributed by atoms with Gasteiger partial charge in [0.25, 0.3) is 0 Å². The molecule has 0 spiro atoms. The van der Waals surface area contributed by atoms with Gasteiger partial charge in [0.1, 0.15) is 6.61 Å². The van der Waals surface area contributed by atoms with Crippen LogP contribution in [0.25, 0.3) is 0 Å². The quantitative estimate of drug-likeness (QED) is 0.350. The molecule has 1 aromatic carbocycles. The zero-order valence-electron chi connectivity index (χ0n) is 9.01. The maximum Gasteiger partial charge on any atom is 0.337 e. The van der Waals surface area contributed by atoms with Gasteiger partial charge in [-0.1, -0.05) is 0 Å². The summed E-state index contributed by atoms with van der Waals surface area (Å²) in [4.78, 5) is 21.4. The number of alkyl halides is 1. The van der Waals surface area contributed by atoms with E-state index in [1.807, 2.05) is 0 Å². The molecular weight excluding hydrogens is 250 g/mol. The Morgan fingerprint density at radius 3 is 2.76 bits per heavy atom. The van der Waals surface area contributed by atoms with Crippen molar-refractivity contribution in [3.8, 4) is 5.75 Å². The van der Waals surface area contributed by atoms with Crippen LogP contribution in [-0.4, -0.2) is 30.5 Å². The first kappa shape index (κ1) is 13.2. The van der Waals surface area contributed by atoms with Crippen LogP contribution < -0.4 is 4.74 Å². The van der Waals surface area contributed by atoms with Gasteiger partial charge in [-0.25, -0.2) is 4.79 Å². The Labute approximate surface area is 102 Å². The number of benzene rings is 1. The number of rotatable bonds is 5. The highest BCUT2D eigenvalue weighted by molar-refractivity contribution is 6.18. The maximum absolute atomic E-state index is 11.2. The van der Waals surface area contributed by atoms with Crippen LogP contribution in [0.5, 0.6) is 5.75 Å². The molecule has 0 fully saturated rings. The topological polar surface area (TPSA) is 78.7 Å². The maximum atomic E-state index is 11.2. The number of nitro groups is 1. The van der Waals surface area contributed by atoms with Crippen molar-refractivity contribution in [2.24, 2.45) is 0 Å². The number of hydrogen-bond donors (Lipinski definition) is 0. The summed E-state index contributed by atoms with van der Waals surface area (Å²) in [5.41, 5.74) is -0.0366. The Kier molecular flexibility index (Phi) is 4.71. The van der Waals surface area contributed by atoms with Gasteiger partial charge in [-0.15, -0.1) is 11.6 Å². The van der Waals surface area contributed by atoms with Crippen molar-refractivity contribution in [1.82, 2.24) is 0 Å². The third kappa shape index (κ3) is 3.32. The first-order chi connectivity index (χ1) is 8.10. The number of hydrogen-bond acceptors (Lipinski definition) is 5. The van der Waals surface area contributed by atoms with E-state index in [4.69, 9.17) is 16.3 Å². The normalized spacial score (nSPS) is 9.76. The molecule has 0 aromatic heterocycles. The van der Waals surface area contributed by atoms with E-state index < -0.39 is 10.9 Å². The minimum atomic E-state index is -0.593. The number of carbonyl (C=O) groups excluding carboxylic acids is 1. The van der Waals surface area contributed by atoms with E-state index in [-0.39, 0.29) is 29.5 Å². The standard InChI is InChI=1S/C10H10ClNO5/c1-16-10(13)7-2-3-8(12(14)15)9(6-7)17-5-4-11/h2-3,6H,4-5H2,1H3. The third-order valence-corrected chi connectivity index (χ3v) is 2.07. The van der Waals surface area contributed by atoms with Gasteiger partial charge in [0.2, 0.25) is 0 Å². The Balaban J connectivity index is 3.09. The van der Waals surface area contributed by atoms with Crippen molar-refractivity contribution < 1.29 is 19.2 Å². The zero-order valence-corrected chi connectivity index (χ0v) is 9.77. The molecule has 7 heteroatoms. The molecule has 0 bridgehead atoms. The van der Waals surface area contributed by atoms with E-state index in [9.17, 15) is 14.9 Å². The highest BCUT2D eigenvalue weighted by atomic mass is 35.5. The van der Waals surface area contributed by atoms with Crippen LogP contribution in [0.15, 0.2) is 18.2 Å². The second-order valence-corrected chi connectivity index (χ2v) is 3.35. The average molecular weight is 260 g/mol. The first-order valence-corrected chi connectivity index (χ1v) is 5.19. The molecular formula is C10H10ClNO5. The fourth-order valence-electron chi connectivity index (χ4n) is 1.17. The lowest BCUT2D eigenvalue weighted by Crippen LogP contribution is -2.05. The predicted molar refractivity (Wildman–Crippen MR) is 60.7 cm³/mol. The van der Waals surface area contributed by atoms with Crippen molar-refractivity contribution in [1.29, 1.82) is 0 Å². The second kappa shape index (κ2) is 6.05. The molecule has 0 aliphatic carbocycles. The van der Waals surface area contributed by atoms with Gasteiger partial charge in [0, 0.05) is 12.1 Å². The van der Waals surface area contributed by atoms with Gasteiger partial charge < -0.3 is 9.47 Å². The Morgan fingerprint density at radius 2 is 2.24 bits per heavy atom. The van der Waals surface area contributed by atoms with Crippen LogP contribution in [-0.2, 0) is 4.74 Å². The molecule has 0 amide bonds. The minimum Gasteiger partial charge on any atom is -0.486 e. The molecule has 0 radical (unpaired) electrons. The molecule has 1 aromatic rings. The highest BCUT2D eigenvalue weighted by Crippen LogP contribution is 2.28. The lowest BCUT2D eigenvalue weighted by molar-refractivity contribution is -0.385. The molecule has 17 heavy (non-hydrogen) atoms. The van der Waals surface area contributed by atoms with Crippen LogP contribution in [0.3, 0.4) is 0 Å². The van der Waals surface area contributed by atoms with Gasteiger partial charge in [-0.2, -0.15) is 0 Å². The number of halogens is 1. The molecule has 0 atom stereocenters. The van der Waals surface area contributed by atoms with Crippen molar-refractivity contribution >= 4 is 23.3 Å². The summed E-state index contributed by atoms with van der Waals surface area (Å²) in [7, 11) is 1.23. The number of methoxy groups -OCH3 is 1. The molecule has 1 rings (SSSR count). The van der Waals surface area contributed by atoms with Crippen LogP contribution in [0.4, 0.5) is 5.69 Å². The van der Waals surface area contributed by atoms with E-state index in [2.05, 4.69) is 4.74 Å². The summed E-state index contributed by atoms with van der Waals surface area (Å²) in [5.74, 6) is -0.395. The minimum absolute atomic E-state index is 0.00134. The number of carbonyl (C=O) groups is 1. The Morgan fingerprint density at radius 1 is 1.53 bits per heavy atom. The van der Waals surface area contributed by atoms with E-state index in [0.29, 0.717) is 0 Å². The van der Waals surface area contributed by atoms with E-state index in [1.54, 1.807) is 0 Å². The highest BCUT2D eigenvalue weighted by Gasteiger charge is 2.18. The molecule has 0 saturated carbocycles. The lowest BCUT2D eigenvalue weighted by Gasteiger charge is -2.06. The lowest BCUT2D eigenvalue weighted by atomic mass is 10.2. The van der Waals surface area contributed by atoms with Gasteiger partial charge in [-0.3, -0.25) is 10.1 Å². The van der Waals surface area contributed by atoms with Crippen LogP contribution in [0, 0.1) is 10.1 Å². The van der Waals surface area contributed by atoms with Crippen molar-refractivity contribution in [3.05, 3.63) is 33.9 Å². The van der Waals surface area contributed by atoms with Crippen molar-refractivity contribution in [2.45, 2.75) is 0 Å². The summed E-state index contributed by atoms with van der Waals surface area (Å²) < 4.78 is 9.61. The van der Waals surface area contributed by atoms with E-state index in [0.717, 1.165) is 0 Å². The third-order valence-electron chi connectivity index (χ3n) is 1.91. The fourth-order valence-corrected chi connectivity index (χ4v) is 1.25. The summed E-state index contributed by atoms with van der Waals surface area (Å²) in [5, 5.41) is 10.7. The summed E-state index contributed by atoms with van der Waals surface area (Å²) in [6.45, 7) is 0.118. The van der Waals surface area contributed by atoms with Gasteiger partial charge >= 0.3 is 11.7 Å². The fraction of sp³-hybridized carbons (Fsp3) is 0.300. The van der Waals surface area contributed by atoms with Crippen LogP contribution >= 0.6 is 11.6 Å². The summed E-state index contributed by atoms with van der Waals surface area (Å²) >= 11 is 5.43. The summed E-state index contributed by atoms with van der Waals surface area (Å²) in [6, 6.07) is 3.75. The molecule has 0 unspecified atom stereocenters. The zero-order chi connectivity index (χ0) is 12.8. The van der Waals surface area contributed by atoms with E-state index in [1.165, 1.54) is 25.3 Å². The Hall–Kier alpha value is -1.82. The second-order valence-electron chi connectivity index (χ2n) is 2.97. The van der Waals surface area contributed by atoms with Crippen LogP contribution in [0.2, 0.25) is 0 Å². The number of ether oxygens (including phenoxy) is 2. The molecule has 6 nitrogen and oxygen atoms in total. The van der Waals surface area contributed by atoms with E-state index >= 15 is 0 Å². The van der Waals surface area contributed by atoms with Gasteiger partial charge in [0.15, 0.2) is 5.75 Å². The van der Waals surface area contributed by atoms with Gasteiger partial charge in [0.05, 0.1) is 23.5 Å². The average Bonchev–Trinajstić information content (AvgIpc) is 2.34. The molecule has 0 aliphatic rings. The first-order valence-electron chi connectivity index (χ1n) is 4.65. The molecule has 0 heterocycles. The van der Waals surface area contributed by atoms with Crippen molar-refractivity contribution in [2.75, 3.05) is 19.6 Å². The molecule has 92 valence electrons. The largest absolute Gasteiger partial charge is 0.486 e. The Bertz CT molecular complexity index is 435. The van der Waals surface area contributed by atoms with Crippen LogP contribution in [0.1, 0.15) is 10.4 Å². The molecule has 0 saturated heterocycles.